The third-order valence-corrected chi connectivity index (χ3v) is 2.12. The molecule has 0 atom stereocenters. The maximum absolute atomic E-state index is 9.51. The van der Waals surface area contributed by atoms with Gasteiger partial charge in [0.05, 0.1) is 6.61 Å². The van der Waals surface area contributed by atoms with Gasteiger partial charge in [-0.3, -0.25) is 4.79 Å². The molecule has 84 valence electrons. The van der Waals surface area contributed by atoms with Crippen LogP contribution in [0.25, 0.3) is 0 Å². The molecule has 0 aliphatic carbocycles. The first-order valence-corrected chi connectivity index (χ1v) is 5.12. The number of hydrogen-bond donors (Lipinski definition) is 1. The van der Waals surface area contributed by atoms with Crippen molar-refractivity contribution in [3.8, 4) is 0 Å². The van der Waals surface area contributed by atoms with Gasteiger partial charge in [-0.05, 0) is 12.5 Å². The highest BCUT2D eigenvalue weighted by molar-refractivity contribution is 5.45. The SMILES string of the molecule is CCN1CC(C)C1.COCCNC=O. The van der Waals surface area contributed by atoms with Crippen LogP contribution >= 0.6 is 0 Å². The summed E-state index contributed by atoms with van der Waals surface area (Å²) in [5, 5.41) is 2.44. The standard InChI is InChI=1S/C6H13N.C4H9NO2/c1-3-7-4-6(2)5-7;1-7-3-2-5-4-6/h6H,3-5H2,1-2H3;4H,2-3H2,1H3,(H,5,6). The van der Waals surface area contributed by atoms with E-state index in [-0.39, 0.29) is 0 Å². The Morgan fingerprint density at radius 1 is 1.57 bits per heavy atom. The van der Waals surface area contributed by atoms with Gasteiger partial charge in [-0.1, -0.05) is 13.8 Å². The van der Waals surface area contributed by atoms with Crippen molar-refractivity contribution in [2.24, 2.45) is 5.92 Å². The van der Waals surface area contributed by atoms with Crippen LogP contribution in [0.3, 0.4) is 0 Å². The average molecular weight is 202 g/mol. The molecule has 14 heavy (non-hydrogen) atoms. The normalized spacial score (nSPS) is 16.5. The van der Waals surface area contributed by atoms with Crippen molar-refractivity contribution in [2.45, 2.75) is 13.8 Å². The van der Waals surface area contributed by atoms with Crippen LogP contribution in [0.1, 0.15) is 13.8 Å². The van der Waals surface area contributed by atoms with Crippen LogP contribution in [0.5, 0.6) is 0 Å². The van der Waals surface area contributed by atoms with Gasteiger partial charge < -0.3 is 15.0 Å². The van der Waals surface area contributed by atoms with Gasteiger partial charge in [0.1, 0.15) is 0 Å². The van der Waals surface area contributed by atoms with E-state index >= 15 is 0 Å². The molecule has 0 saturated carbocycles. The summed E-state index contributed by atoms with van der Waals surface area (Å²) in [6, 6.07) is 0. The number of nitrogens with one attached hydrogen (secondary N) is 1. The highest BCUT2D eigenvalue weighted by Crippen LogP contribution is 2.11. The Kier molecular flexibility index (Phi) is 8.57. The zero-order valence-electron chi connectivity index (χ0n) is 9.45. The first kappa shape index (κ1) is 13.4. The molecule has 1 N–H and O–H groups in total. The molecule has 1 fully saturated rings. The molecule has 0 bridgehead atoms. The monoisotopic (exact) mass is 202 g/mol. The van der Waals surface area contributed by atoms with Gasteiger partial charge in [0.25, 0.3) is 0 Å². The predicted molar refractivity (Wildman–Crippen MR) is 57.2 cm³/mol. The number of carbonyl (C=O) groups excluding carboxylic acids is 1. The number of amides is 1. The smallest absolute Gasteiger partial charge is 0.207 e. The van der Waals surface area contributed by atoms with Gasteiger partial charge in [0, 0.05) is 26.7 Å². The van der Waals surface area contributed by atoms with Gasteiger partial charge >= 0.3 is 0 Å². The summed E-state index contributed by atoms with van der Waals surface area (Å²) in [5.41, 5.74) is 0. The second-order valence-electron chi connectivity index (χ2n) is 3.52. The fraction of sp³-hybridized carbons (Fsp3) is 0.900. The molecule has 1 saturated heterocycles. The Labute approximate surface area is 86.6 Å². The lowest BCUT2D eigenvalue weighted by Crippen LogP contribution is -2.44. The molecule has 0 radical (unpaired) electrons. The van der Waals surface area contributed by atoms with Gasteiger partial charge in [-0.15, -0.1) is 0 Å². The first-order valence-electron chi connectivity index (χ1n) is 5.12. The number of ether oxygens (including phenoxy) is 1. The average Bonchev–Trinajstić information content (AvgIpc) is 2.15. The van der Waals surface area contributed by atoms with Gasteiger partial charge in [0.15, 0.2) is 0 Å². The summed E-state index contributed by atoms with van der Waals surface area (Å²) in [7, 11) is 1.59. The van der Waals surface area contributed by atoms with Crippen LogP contribution in [-0.4, -0.2) is 51.2 Å². The maximum atomic E-state index is 9.51. The van der Waals surface area contributed by atoms with Gasteiger partial charge in [0.2, 0.25) is 6.41 Å². The molecule has 0 spiro atoms. The molecule has 0 aromatic heterocycles. The van der Waals surface area contributed by atoms with Crippen LogP contribution in [0.4, 0.5) is 0 Å². The van der Waals surface area contributed by atoms with E-state index in [1.54, 1.807) is 7.11 Å². The molecule has 4 nitrogen and oxygen atoms in total. The number of carbonyl (C=O) groups is 1. The molecule has 1 aliphatic rings. The highest BCUT2D eigenvalue weighted by Gasteiger charge is 2.19. The number of nitrogens with zero attached hydrogens (tertiary/aromatic N) is 1. The number of likely N-dealkylation sites (tertiary alicyclic amines) is 1. The largest absolute Gasteiger partial charge is 0.383 e. The lowest BCUT2D eigenvalue weighted by Gasteiger charge is -2.35. The summed E-state index contributed by atoms with van der Waals surface area (Å²) in [5.74, 6) is 0.972. The maximum Gasteiger partial charge on any atom is 0.207 e. The molecular weight excluding hydrogens is 180 g/mol. The lowest BCUT2D eigenvalue weighted by molar-refractivity contribution is -0.109. The zero-order valence-corrected chi connectivity index (χ0v) is 9.45. The minimum Gasteiger partial charge on any atom is -0.383 e. The molecule has 1 heterocycles. The van der Waals surface area contributed by atoms with E-state index in [2.05, 4.69) is 28.8 Å². The third kappa shape index (κ3) is 6.86. The Morgan fingerprint density at radius 2 is 2.21 bits per heavy atom. The van der Waals surface area contributed by atoms with Crippen LogP contribution in [0.15, 0.2) is 0 Å². The lowest BCUT2D eigenvalue weighted by atomic mass is 10.0. The second-order valence-corrected chi connectivity index (χ2v) is 3.52. The van der Waals surface area contributed by atoms with Crippen LogP contribution in [0, 0.1) is 5.92 Å². The van der Waals surface area contributed by atoms with Crippen molar-refractivity contribution in [1.82, 2.24) is 10.2 Å². The fourth-order valence-corrected chi connectivity index (χ4v) is 1.31. The Bertz CT molecular complexity index is 136. The molecule has 1 amide bonds. The molecular formula is C10H22N2O2. The van der Waals surface area contributed by atoms with Crippen LogP contribution < -0.4 is 5.32 Å². The van der Waals surface area contributed by atoms with E-state index < -0.39 is 0 Å². The Hall–Kier alpha value is -0.610. The topological polar surface area (TPSA) is 41.6 Å². The van der Waals surface area contributed by atoms with Gasteiger partial charge in [-0.2, -0.15) is 0 Å². The van der Waals surface area contributed by atoms with Crippen molar-refractivity contribution >= 4 is 6.41 Å². The summed E-state index contributed by atoms with van der Waals surface area (Å²) in [4.78, 5) is 12.0. The summed E-state index contributed by atoms with van der Waals surface area (Å²) in [6.45, 7) is 9.59. The minimum atomic E-state index is 0.582. The summed E-state index contributed by atoms with van der Waals surface area (Å²) >= 11 is 0. The van der Waals surface area contributed by atoms with Gasteiger partial charge in [-0.25, -0.2) is 0 Å². The number of methoxy groups -OCH3 is 1. The van der Waals surface area contributed by atoms with Crippen LogP contribution in [0.2, 0.25) is 0 Å². The molecule has 0 unspecified atom stereocenters. The van der Waals surface area contributed by atoms with E-state index in [0.29, 0.717) is 19.6 Å². The van der Waals surface area contributed by atoms with Crippen molar-refractivity contribution in [1.29, 1.82) is 0 Å². The van der Waals surface area contributed by atoms with E-state index in [4.69, 9.17) is 0 Å². The molecule has 0 aromatic rings. The first-order chi connectivity index (χ1) is 6.74. The van der Waals surface area contributed by atoms with Crippen molar-refractivity contribution in [3.05, 3.63) is 0 Å². The van der Waals surface area contributed by atoms with Crippen LogP contribution in [-0.2, 0) is 9.53 Å². The Balaban J connectivity index is 0.000000241. The zero-order chi connectivity index (χ0) is 10.8. The highest BCUT2D eigenvalue weighted by atomic mass is 16.5. The third-order valence-electron chi connectivity index (χ3n) is 2.12. The van der Waals surface area contributed by atoms with Crippen molar-refractivity contribution < 1.29 is 9.53 Å². The Morgan fingerprint density at radius 3 is 2.50 bits per heavy atom. The second kappa shape index (κ2) is 8.97. The van der Waals surface area contributed by atoms with Crippen molar-refractivity contribution in [3.63, 3.8) is 0 Å². The molecule has 4 heteroatoms. The number of rotatable bonds is 5. The molecule has 0 aromatic carbocycles. The van der Waals surface area contributed by atoms with E-state index in [1.165, 1.54) is 19.6 Å². The fourth-order valence-electron chi connectivity index (χ4n) is 1.31. The molecule has 1 aliphatic heterocycles. The number of hydrogen-bond acceptors (Lipinski definition) is 3. The van der Waals surface area contributed by atoms with Crippen molar-refractivity contribution in [2.75, 3.05) is 39.9 Å². The predicted octanol–water partition coefficient (Wildman–Crippen LogP) is 0.337. The molecule has 1 rings (SSSR count). The van der Waals surface area contributed by atoms with E-state index in [0.717, 1.165) is 5.92 Å². The summed E-state index contributed by atoms with van der Waals surface area (Å²) < 4.78 is 4.62. The van der Waals surface area contributed by atoms with E-state index in [1.807, 2.05) is 0 Å². The van der Waals surface area contributed by atoms with E-state index in [9.17, 15) is 4.79 Å². The summed E-state index contributed by atoms with van der Waals surface area (Å²) in [6.07, 6.45) is 0.652. The minimum absolute atomic E-state index is 0.582. The quantitative estimate of drug-likeness (QED) is 0.516.